The van der Waals surface area contributed by atoms with Crippen LogP contribution in [0.3, 0.4) is 0 Å². The SMILES string of the molecule is C[C@H](C(=O)NC[C@@H]1CCN(c2ccc(Cl)cc2)C1)n1cncn1. The number of hydrogen-bond acceptors (Lipinski definition) is 4. The summed E-state index contributed by atoms with van der Waals surface area (Å²) in [6.45, 7) is 4.45. The molecule has 1 aromatic heterocycles. The van der Waals surface area contributed by atoms with Gasteiger partial charge in [0.05, 0.1) is 0 Å². The van der Waals surface area contributed by atoms with Crippen LogP contribution in [0.1, 0.15) is 19.4 Å². The number of amides is 1. The molecule has 23 heavy (non-hydrogen) atoms. The van der Waals surface area contributed by atoms with Gasteiger partial charge in [-0.3, -0.25) is 4.79 Å². The summed E-state index contributed by atoms with van der Waals surface area (Å²) in [6, 6.07) is 7.55. The van der Waals surface area contributed by atoms with Gasteiger partial charge in [-0.1, -0.05) is 11.6 Å². The summed E-state index contributed by atoms with van der Waals surface area (Å²) >= 11 is 5.93. The number of carbonyl (C=O) groups excluding carboxylic acids is 1. The Labute approximate surface area is 140 Å². The normalized spacial score (nSPS) is 18.9. The molecule has 2 atom stereocenters. The van der Waals surface area contributed by atoms with Gasteiger partial charge in [0.15, 0.2) is 0 Å². The lowest BCUT2D eigenvalue weighted by Gasteiger charge is -2.19. The van der Waals surface area contributed by atoms with E-state index in [-0.39, 0.29) is 11.9 Å². The average molecular weight is 334 g/mol. The predicted molar refractivity (Wildman–Crippen MR) is 89.5 cm³/mol. The number of nitrogens with one attached hydrogen (secondary N) is 1. The molecule has 3 rings (SSSR count). The molecule has 0 spiro atoms. The number of carbonyl (C=O) groups is 1. The molecule has 7 heteroatoms. The van der Waals surface area contributed by atoms with Crippen molar-refractivity contribution in [3.05, 3.63) is 41.9 Å². The molecule has 6 nitrogen and oxygen atoms in total. The van der Waals surface area contributed by atoms with Crippen LogP contribution >= 0.6 is 11.6 Å². The van der Waals surface area contributed by atoms with Gasteiger partial charge in [-0.05, 0) is 43.5 Å². The number of benzene rings is 1. The fourth-order valence-electron chi connectivity index (χ4n) is 2.82. The minimum absolute atomic E-state index is 0.0274. The smallest absolute Gasteiger partial charge is 0.244 e. The van der Waals surface area contributed by atoms with Gasteiger partial charge in [0, 0.05) is 30.3 Å². The second kappa shape index (κ2) is 7.00. The first-order valence-corrected chi connectivity index (χ1v) is 8.13. The van der Waals surface area contributed by atoms with Crippen molar-refractivity contribution in [3.63, 3.8) is 0 Å². The topological polar surface area (TPSA) is 63.1 Å². The maximum absolute atomic E-state index is 12.2. The number of anilines is 1. The highest BCUT2D eigenvalue weighted by atomic mass is 35.5. The summed E-state index contributed by atoms with van der Waals surface area (Å²) in [5, 5.41) is 7.77. The Bertz CT molecular complexity index is 643. The van der Waals surface area contributed by atoms with Crippen molar-refractivity contribution in [1.29, 1.82) is 0 Å². The second-order valence-electron chi connectivity index (χ2n) is 5.87. The molecule has 1 saturated heterocycles. The van der Waals surface area contributed by atoms with E-state index < -0.39 is 0 Å². The molecular weight excluding hydrogens is 314 g/mol. The molecule has 0 bridgehead atoms. The van der Waals surface area contributed by atoms with Crippen LogP contribution in [0.5, 0.6) is 0 Å². The monoisotopic (exact) mass is 333 g/mol. The van der Waals surface area contributed by atoms with Crippen molar-refractivity contribution >= 4 is 23.2 Å². The van der Waals surface area contributed by atoms with E-state index in [1.54, 1.807) is 11.0 Å². The highest BCUT2D eigenvalue weighted by Gasteiger charge is 2.24. The van der Waals surface area contributed by atoms with Crippen molar-refractivity contribution in [2.24, 2.45) is 5.92 Å². The molecular formula is C16H20ClN5O. The van der Waals surface area contributed by atoms with Crippen LogP contribution in [0.25, 0.3) is 0 Å². The summed E-state index contributed by atoms with van der Waals surface area (Å²) in [5.41, 5.74) is 1.18. The maximum atomic E-state index is 12.2. The molecule has 2 heterocycles. The molecule has 2 aromatic rings. The summed E-state index contributed by atoms with van der Waals surface area (Å²) in [4.78, 5) is 18.4. The van der Waals surface area contributed by atoms with E-state index in [0.29, 0.717) is 12.5 Å². The molecule has 0 aliphatic carbocycles. The zero-order chi connectivity index (χ0) is 16.2. The van der Waals surface area contributed by atoms with E-state index in [2.05, 4.69) is 20.3 Å². The Morgan fingerprint density at radius 1 is 1.43 bits per heavy atom. The van der Waals surface area contributed by atoms with E-state index in [1.807, 2.05) is 31.2 Å². The number of rotatable bonds is 5. The van der Waals surface area contributed by atoms with E-state index in [4.69, 9.17) is 11.6 Å². The van der Waals surface area contributed by atoms with Crippen molar-refractivity contribution < 1.29 is 4.79 Å². The predicted octanol–water partition coefficient (Wildman–Crippen LogP) is 2.14. The fourth-order valence-corrected chi connectivity index (χ4v) is 2.94. The average Bonchev–Trinajstić information content (AvgIpc) is 3.24. The molecule has 1 N–H and O–H groups in total. The Balaban J connectivity index is 1.48. The van der Waals surface area contributed by atoms with Gasteiger partial charge in [0.1, 0.15) is 18.7 Å². The molecule has 0 unspecified atom stereocenters. The van der Waals surface area contributed by atoms with E-state index in [1.165, 1.54) is 12.0 Å². The van der Waals surface area contributed by atoms with Crippen LogP contribution in [0, 0.1) is 5.92 Å². The van der Waals surface area contributed by atoms with E-state index in [0.717, 1.165) is 24.5 Å². The Morgan fingerprint density at radius 3 is 2.91 bits per heavy atom. The largest absolute Gasteiger partial charge is 0.371 e. The van der Waals surface area contributed by atoms with Gasteiger partial charge >= 0.3 is 0 Å². The molecule has 1 amide bonds. The van der Waals surface area contributed by atoms with Gasteiger partial charge in [-0.15, -0.1) is 0 Å². The van der Waals surface area contributed by atoms with Crippen molar-refractivity contribution in [2.75, 3.05) is 24.5 Å². The lowest BCUT2D eigenvalue weighted by molar-refractivity contribution is -0.124. The zero-order valence-electron chi connectivity index (χ0n) is 13.0. The zero-order valence-corrected chi connectivity index (χ0v) is 13.8. The molecule has 1 aliphatic heterocycles. The van der Waals surface area contributed by atoms with Crippen LogP contribution in [0.15, 0.2) is 36.9 Å². The number of halogens is 1. The molecule has 0 radical (unpaired) electrons. The summed E-state index contributed by atoms with van der Waals surface area (Å²) < 4.78 is 1.56. The first-order chi connectivity index (χ1) is 11.1. The Kier molecular flexibility index (Phi) is 4.81. The standard InChI is InChI=1S/C16H20ClN5O/c1-12(22-11-18-10-20-22)16(23)19-8-13-6-7-21(9-13)15-4-2-14(17)3-5-15/h2-5,10-13H,6-9H2,1H3,(H,19,23)/t12-,13+/m1/s1. The lowest BCUT2D eigenvalue weighted by Crippen LogP contribution is -2.35. The Morgan fingerprint density at radius 2 is 2.22 bits per heavy atom. The quantitative estimate of drug-likeness (QED) is 0.910. The van der Waals surface area contributed by atoms with Crippen LogP contribution in [0.4, 0.5) is 5.69 Å². The minimum atomic E-state index is -0.341. The van der Waals surface area contributed by atoms with Gasteiger partial charge < -0.3 is 10.2 Å². The van der Waals surface area contributed by atoms with Crippen molar-refractivity contribution in [1.82, 2.24) is 20.1 Å². The summed E-state index contributed by atoms with van der Waals surface area (Å²) in [7, 11) is 0. The highest BCUT2D eigenvalue weighted by molar-refractivity contribution is 6.30. The highest BCUT2D eigenvalue weighted by Crippen LogP contribution is 2.24. The number of nitrogens with zero attached hydrogens (tertiary/aromatic N) is 4. The molecule has 1 aromatic carbocycles. The van der Waals surface area contributed by atoms with Gasteiger partial charge in [-0.25, -0.2) is 9.67 Å². The summed E-state index contributed by atoms with van der Waals surface area (Å²) in [5.74, 6) is 0.429. The fraction of sp³-hybridized carbons (Fsp3) is 0.438. The van der Waals surface area contributed by atoms with Crippen LogP contribution in [-0.2, 0) is 4.79 Å². The first kappa shape index (κ1) is 15.8. The maximum Gasteiger partial charge on any atom is 0.244 e. The molecule has 0 saturated carbocycles. The number of hydrogen-bond donors (Lipinski definition) is 1. The van der Waals surface area contributed by atoms with Gasteiger partial charge in [-0.2, -0.15) is 5.10 Å². The third-order valence-electron chi connectivity index (χ3n) is 4.26. The van der Waals surface area contributed by atoms with Crippen LogP contribution < -0.4 is 10.2 Å². The minimum Gasteiger partial charge on any atom is -0.371 e. The molecule has 122 valence electrons. The molecule has 1 aliphatic rings. The van der Waals surface area contributed by atoms with Crippen LogP contribution in [0.2, 0.25) is 5.02 Å². The van der Waals surface area contributed by atoms with E-state index >= 15 is 0 Å². The first-order valence-electron chi connectivity index (χ1n) is 7.76. The number of aromatic nitrogens is 3. The van der Waals surface area contributed by atoms with Crippen molar-refractivity contribution in [3.8, 4) is 0 Å². The summed E-state index contributed by atoms with van der Waals surface area (Å²) in [6.07, 6.45) is 4.06. The lowest BCUT2D eigenvalue weighted by atomic mass is 10.1. The second-order valence-corrected chi connectivity index (χ2v) is 6.31. The Hall–Kier alpha value is -2.08. The van der Waals surface area contributed by atoms with E-state index in [9.17, 15) is 4.79 Å². The van der Waals surface area contributed by atoms with Gasteiger partial charge in [0.2, 0.25) is 5.91 Å². The van der Waals surface area contributed by atoms with Gasteiger partial charge in [0.25, 0.3) is 0 Å². The third-order valence-corrected chi connectivity index (χ3v) is 4.51. The molecule has 1 fully saturated rings. The third kappa shape index (κ3) is 3.82. The van der Waals surface area contributed by atoms with Crippen molar-refractivity contribution in [2.45, 2.75) is 19.4 Å². The van der Waals surface area contributed by atoms with Crippen LogP contribution in [-0.4, -0.2) is 40.3 Å².